The van der Waals surface area contributed by atoms with Crippen molar-refractivity contribution >= 4 is 5.97 Å². The Kier molecular flexibility index (Phi) is 4.62. The minimum atomic E-state index is -0.680. The van der Waals surface area contributed by atoms with Gasteiger partial charge in [0.05, 0.1) is 6.42 Å². The van der Waals surface area contributed by atoms with Crippen LogP contribution in [0.2, 0.25) is 0 Å². The number of carbonyl (C=O) groups is 1. The van der Waals surface area contributed by atoms with Crippen LogP contribution in [0.5, 0.6) is 0 Å². The number of rotatable bonds is 6. The van der Waals surface area contributed by atoms with E-state index in [1.807, 2.05) is 0 Å². The first-order valence-electron chi connectivity index (χ1n) is 7.33. The molecule has 0 saturated carbocycles. The zero-order chi connectivity index (χ0) is 13.1. The maximum atomic E-state index is 10.9. The molecule has 2 saturated heterocycles. The topological polar surface area (TPSA) is 52.6 Å². The average molecular weight is 254 g/mol. The Morgan fingerprint density at radius 3 is 2.50 bits per heavy atom. The van der Waals surface area contributed by atoms with Gasteiger partial charge in [-0.2, -0.15) is 0 Å². The molecule has 18 heavy (non-hydrogen) atoms. The predicted molar refractivity (Wildman–Crippen MR) is 71.7 cm³/mol. The van der Waals surface area contributed by atoms with Crippen LogP contribution in [-0.4, -0.2) is 46.7 Å². The van der Waals surface area contributed by atoms with E-state index in [9.17, 15) is 4.79 Å². The van der Waals surface area contributed by atoms with Crippen molar-refractivity contribution in [3.05, 3.63) is 0 Å². The van der Waals surface area contributed by atoms with Crippen molar-refractivity contribution in [3.8, 4) is 0 Å². The van der Waals surface area contributed by atoms with Crippen molar-refractivity contribution in [3.63, 3.8) is 0 Å². The minimum absolute atomic E-state index is 0.157. The molecule has 4 nitrogen and oxygen atoms in total. The zero-order valence-electron chi connectivity index (χ0n) is 11.6. The standard InChI is InChI=1S/C14H26N2O2/c1-3-6-16(10(2)7-14(17)18)13-8-11-4-5-12(9-13)15-11/h10-13,15H,3-9H2,1-2H3,(H,17,18). The first kappa shape index (κ1) is 13.8. The highest BCUT2D eigenvalue weighted by molar-refractivity contribution is 5.67. The first-order valence-corrected chi connectivity index (χ1v) is 7.33. The fourth-order valence-electron chi connectivity index (χ4n) is 3.69. The Hall–Kier alpha value is -0.610. The van der Waals surface area contributed by atoms with Crippen LogP contribution < -0.4 is 5.32 Å². The molecule has 2 aliphatic rings. The average Bonchev–Trinajstić information content (AvgIpc) is 2.64. The molecule has 104 valence electrons. The fourth-order valence-corrected chi connectivity index (χ4v) is 3.69. The summed E-state index contributed by atoms with van der Waals surface area (Å²) in [6.07, 6.45) is 6.35. The van der Waals surface area contributed by atoms with Crippen LogP contribution >= 0.6 is 0 Å². The van der Waals surface area contributed by atoms with Crippen LogP contribution in [0.4, 0.5) is 0 Å². The predicted octanol–water partition coefficient (Wildman–Crippen LogP) is 1.84. The highest BCUT2D eigenvalue weighted by atomic mass is 16.4. The van der Waals surface area contributed by atoms with Crippen molar-refractivity contribution in [2.45, 2.75) is 76.5 Å². The van der Waals surface area contributed by atoms with Crippen molar-refractivity contribution in [2.75, 3.05) is 6.54 Å². The molecule has 0 aromatic heterocycles. The number of hydrogen-bond donors (Lipinski definition) is 2. The number of carboxylic acid groups (broad SMARTS) is 1. The molecule has 2 aliphatic heterocycles. The Balaban J connectivity index is 1.98. The molecule has 0 aromatic carbocycles. The van der Waals surface area contributed by atoms with Crippen LogP contribution in [0.1, 0.15) is 52.4 Å². The third-order valence-electron chi connectivity index (χ3n) is 4.44. The van der Waals surface area contributed by atoms with E-state index in [4.69, 9.17) is 5.11 Å². The lowest BCUT2D eigenvalue weighted by Gasteiger charge is -2.40. The number of hydrogen-bond acceptors (Lipinski definition) is 3. The van der Waals surface area contributed by atoms with Crippen LogP contribution in [0.15, 0.2) is 0 Å². The summed E-state index contributed by atoms with van der Waals surface area (Å²) in [4.78, 5) is 13.3. The molecular weight excluding hydrogens is 228 g/mol. The lowest BCUT2D eigenvalue weighted by atomic mass is 9.96. The van der Waals surface area contributed by atoms with Gasteiger partial charge in [-0.3, -0.25) is 9.69 Å². The van der Waals surface area contributed by atoms with Crippen LogP contribution in [0, 0.1) is 0 Å². The van der Waals surface area contributed by atoms with Crippen molar-refractivity contribution in [1.29, 1.82) is 0 Å². The second-order valence-electron chi connectivity index (χ2n) is 5.95. The van der Waals surface area contributed by atoms with Crippen LogP contribution in [0.25, 0.3) is 0 Å². The molecule has 2 rings (SSSR count). The molecule has 0 aliphatic carbocycles. The van der Waals surface area contributed by atoms with E-state index in [0.29, 0.717) is 18.1 Å². The van der Waals surface area contributed by atoms with Gasteiger partial charge in [0.15, 0.2) is 0 Å². The molecule has 0 spiro atoms. The van der Waals surface area contributed by atoms with E-state index in [0.717, 1.165) is 13.0 Å². The summed E-state index contributed by atoms with van der Waals surface area (Å²) in [5.41, 5.74) is 0. The van der Waals surface area contributed by atoms with E-state index in [2.05, 4.69) is 24.1 Å². The van der Waals surface area contributed by atoms with Gasteiger partial charge >= 0.3 is 5.97 Å². The number of nitrogens with one attached hydrogen (secondary N) is 1. The molecule has 2 heterocycles. The summed E-state index contributed by atoms with van der Waals surface area (Å²) in [6.45, 7) is 5.27. The van der Waals surface area contributed by atoms with Gasteiger partial charge in [-0.15, -0.1) is 0 Å². The van der Waals surface area contributed by atoms with E-state index < -0.39 is 5.97 Å². The second kappa shape index (κ2) is 6.02. The van der Waals surface area contributed by atoms with Crippen molar-refractivity contribution in [1.82, 2.24) is 10.2 Å². The number of piperidine rings is 1. The quantitative estimate of drug-likeness (QED) is 0.759. The SMILES string of the molecule is CCCN(C(C)CC(=O)O)C1CC2CCC(C1)N2. The molecule has 3 atom stereocenters. The first-order chi connectivity index (χ1) is 8.60. The number of carboxylic acids is 1. The van der Waals surface area contributed by atoms with Crippen molar-refractivity contribution in [2.24, 2.45) is 0 Å². The van der Waals surface area contributed by atoms with Gasteiger partial charge in [0, 0.05) is 24.2 Å². The molecule has 0 amide bonds. The van der Waals surface area contributed by atoms with Gasteiger partial charge in [0.2, 0.25) is 0 Å². The second-order valence-corrected chi connectivity index (χ2v) is 5.95. The lowest BCUT2D eigenvalue weighted by molar-refractivity contribution is -0.138. The molecular formula is C14H26N2O2. The summed E-state index contributed by atoms with van der Waals surface area (Å²) >= 11 is 0. The summed E-state index contributed by atoms with van der Waals surface area (Å²) in [5, 5.41) is 12.6. The van der Waals surface area contributed by atoms with Gasteiger partial charge in [0.1, 0.15) is 0 Å². The zero-order valence-corrected chi connectivity index (χ0v) is 11.6. The third-order valence-corrected chi connectivity index (χ3v) is 4.44. The van der Waals surface area contributed by atoms with E-state index in [1.165, 1.54) is 25.7 Å². The monoisotopic (exact) mass is 254 g/mol. The number of nitrogens with zero attached hydrogens (tertiary/aromatic N) is 1. The van der Waals surface area contributed by atoms with E-state index >= 15 is 0 Å². The lowest BCUT2D eigenvalue weighted by Crippen LogP contribution is -2.51. The molecule has 3 unspecified atom stereocenters. The summed E-state index contributed by atoms with van der Waals surface area (Å²) in [6, 6.07) is 2.08. The van der Waals surface area contributed by atoms with Crippen LogP contribution in [0.3, 0.4) is 0 Å². The Labute approximate surface area is 110 Å². The number of fused-ring (bicyclic) bond motifs is 2. The maximum Gasteiger partial charge on any atom is 0.304 e. The minimum Gasteiger partial charge on any atom is -0.481 e. The normalized spacial score (nSPS) is 32.7. The summed E-state index contributed by atoms with van der Waals surface area (Å²) in [7, 11) is 0. The fraction of sp³-hybridized carbons (Fsp3) is 0.929. The highest BCUT2D eigenvalue weighted by Crippen LogP contribution is 2.31. The molecule has 0 aromatic rings. The van der Waals surface area contributed by atoms with Crippen molar-refractivity contribution < 1.29 is 9.90 Å². The Morgan fingerprint density at radius 2 is 2.00 bits per heavy atom. The Morgan fingerprint density at radius 1 is 1.39 bits per heavy atom. The van der Waals surface area contributed by atoms with Gasteiger partial charge in [0.25, 0.3) is 0 Å². The Bertz CT molecular complexity index is 284. The maximum absolute atomic E-state index is 10.9. The van der Waals surface area contributed by atoms with Gasteiger partial charge in [-0.05, 0) is 45.6 Å². The smallest absolute Gasteiger partial charge is 0.304 e. The molecule has 2 N–H and O–H groups in total. The molecule has 4 heteroatoms. The van der Waals surface area contributed by atoms with Gasteiger partial charge in [-0.25, -0.2) is 0 Å². The molecule has 0 radical (unpaired) electrons. The van der Waals surface area contributed by atoms with E-state index in [-0.39, 0.29) is 12.5 Å². The van der Waals surface area contributed by atoms with E-state index in [1.54, 1.807) is 0 Å². The number of aliphatic carboxylic acids is 1. The molecule has 2 fully saturated rings. The van der Waals surface area contributed by atoms with Gasteiger partial charge < -0.3 is 10.4 Å². The third kappa shape index (κ3) is 3.23. The summed E-state index contributed by atoms with van der Waals surface area (Å²) < 4.78 is 0. The highest BCUT2D eigenvalue weighted by Gasteiger charge is 2.37. The summed E-state index contributed by atoms with van der Waals surface area (Å²) in [5.74, 6) is -0.680. The largest absolute Gasteiger partial charge is 0.481 e. The molecule has 2 bridgehead atoms. The van der Waals surface area contributed by atoms with Gasteiger partial charge in [-0.1, -0.05) is 6.92 Å². The van der Waals surface area contributed by atoms with Crippen LogP contribution in [-0.2, 0) is 4.79 Å².